The summed E-state index contributed by atoms with van der Waals surface area (Å²) in [7, 11) is 0. The van der Waals surface area contributed by atoms with E-state index in [1.165, 1.54) is 51.0 Å². The first kappa shape index (κ1) is 21.2. The van der Waals surface area contributed by atoms with E-state index in [9.17, 15) is 9.90 Å². The highest BCUT2D eigenvalue weighted by atomic mass is 16.4. The van der Waals surface area contributed by atoms with E-state index in [4.69, 9.17) is 0 Å². The highest BCUT2D eigenvalue weighted by Crippen LogP contribution is 2.21. The lowest BCUT2D eigenvalue weighted by atomic mass is 9.91. The van der Waals surface area contributed by atoms with Crippen LogP contribution < -0.4 is 5.11 Å². The molecule has 0 fully saturated rings. The Morgan fingerprint density at radius 3 is 1.77 bits per heavy atom. The standard InChI is InChI=1S/C20H38O2/c1-16(2)9-6-10-17(3)11-7-12-18(4)13-8-14-19(5)15-20(21)22/h15-18H,6-14H2,1-5H3,(H,21,22)/p-1/b19-15+/t17-,18-/m1/s1. The molecule has 0 heterocycles. The molecule has 0 spiro atoms. The average Bonchev–Trinajstić information content (AvgIpc) is 2.37. The second kappa shape index (κ2) is 12.7. The summed E-state index contributed by atoms with van der Waals surface area (Å²) in [6.07, 6.45) is 12.5. The lowest BCUT2D eigenvalue weighted by Gasteiger charge is -2.15. The number of carboxylic acid groups (broad SMARTS) is 1. The number of hydrogen-bond acceptors (Lipinski definition) is 2. The average molecular weight is 310 g/mol. The minimum atomic E-state index is -1.07. The molecule has 130 valence electrons. The Balaban J connectivity index is 3.60. The van der Waals surface area contributed by atoms with Crippen molar-refractivity contribution in [3.8, 4) is 0 Å². The second-order valence-corrected chi connectivity index (χ2v) is 7.67. The van der Waals surface area contributed by atoms with Gasteiger partial charge in [0.25, 0.3) is 0 Å². The van der Waals surface area contributed by atoms with Gasteiger partial charge in [-0.15, -0.1) is 0 Å². The van der Waals surface area contributed by atoms with Crippen LogP contribution in [-0.4, -0.2) is 5.97 Å². The van der Waals surface area contributed by atoms with Crippen LogP contribution in [0.1, 0.15) is 92.4 Å². The number of hydrogen-bond donors (Lipinski definition) is 0. The SMILES string of the molecule is C/C(=C\C(=O)[O-])CCC[C@H](C)CCC[C@H](C)CCCC(C)C. The van der Waals surface area contributed by atoms with Gasteiger partial charge in [-0.05, 0) is 43.6 Å². The molecular weight excluding hydrogens is 272 g/mol. The summed E-state index contributed by atoms with van der Waals surface area (Å²) in [5.41, 5.74) is 0.922. The number of carbonyl (C=O) groups is 1. The maximum absolute atomic E-state index is 10.4. The third-order valence-electron chi connectivity index (χ3n) is 4.50. The zero-order valence-electron chi connectivity index (χ0n) is 15.5. The monoisotopic (exact) mass is 309 g/mol. The third-order valence-corrected chi connectivity index (χ3v) is 4.50. The molecular formula is C20H37O2-. The fourth-order valence-electron chi connectivity index (χ4n) is 2.98. The van der Waals surface area contributed by atoms with Gasteiger partial charge in [0.2, 0.25) is 0 Å². The maximum Gasteiger partial charge on any atom is 0.0642 e. The summed E-state index contributed by atoms with van der Waals surface area (Å²) in [5, 5.41) is 10.4. The number of rotatable bonds is 13. The fourth-order valence-corrected chi connectivity index (χ4v) is 2.98. The van der Waals surface area contributed by atoms with Crippen LogP contribution in [0.5, 0.6) is 0 Å². The van der Waals surface area contributed by atoms with Gasteiger partial charge in [-0.2, -0.15) is 0 Å². The van der Waals surface area contributed by atoms with Gasteiger partial charge >= 0.3 is 0 Å². The zero-order chi connectivity index (χ0) is 17.0. The highest BCUT2D eigenvalue weighted by molar-refractivity contribution is 5.78. The van der Waals surface area contributed by atoms with Gasteiger partial charge in [-0.1, -0.05) is 78.2 Å². The second-order valence-electron chi connectivity index (χ2n) is 7.67. The Bertz CT molecular complexity index is 318. The molecule has 0 radical (unpaired) electrons. The van der Waals surface area contributed by atoms with E-state index in [0.717, 1.165) is 36.2 Å². The molecule has 0 aromatic rings. The van der Waals surface area contributed by atoms with Crippen molar-refractivity contribution in [2.75, 3.05) is 0 Å². The molecule has 0 rings (SSSR count). The van der Waals surface area contributed by atoms with Gasteiger partial charge in [-0.3, -0.25) is 0 Å². The molecule has 0 aliphatic heterocycles. The largest absolute Gasteiger partial charge is 0.545 e. The van der Waals surface area contributed by atoms with E-state index in [2.05, 4.69) is 27.7 Å². The molecule has 0 aliphatic carbocycles. The Morgan fingerprint density at radius 2 is 1.32 bits per heavy atom. The van der Waals surface area contributed by atoms with Crippen LogP contribution in [0, 0.1) is 17.8 Å². The summed E-state index contributed by atoms with van der Waals surface area (Å²) in [6, 6.07) is 0. The van der Waals surface area contributed by atoms with E-state index in [0.29, 0.717) is 0 Å². The highest BCUT2D eigenvalue weighted by Gasteiger charge is 2.06. The number of allylic oxidation sites excluding steroid dienone is 1. The Kier molecular flexibility index (Phi) is 12.3. The predicted molar refractivity (Wildman–Crippen MR) is 93.5 cm³/mol. The Hall–Kier alpha value is -0.790. The van der Waals surface area contributed by atoms with Gasteiger partial charge in [0.15, 0.2) is 0 Å². The molecule has 2 atom stereocenters. The van der Waals surface area contributed by atoms with Crippen molar-refractivity contribution in [2.24, 2.45) is 17.8 Å². The molecule has 0 saturated heterocycles. The number of carboxylic acids is 1. The van der Waals surface area contributed by atoms with Crippen LogP contribution in [0.3, 0.4) is 0 Å². The van der Waals surface area contributed by atoms with Crippen molar-refractivity contribution >= 4 is 5.97 Å². The van der Waals surface area contributed by atoms with Crippen molar-refractivity contribution in [1.82, 2.24) is 0 Å². The van der Waals surface area contributed by atoms with E-state index in [1.807, 2.05) is 6.92 Å². The first-order valence-corrected chi connectivity index (χ1v) is 9.19. The fraction of sp³-hybridized carbons (Fsp3) is 0.850. The van der Waals surface area contributed by atoms with Crippen molar-refractivity contribution in [3.05, 3.63) is 11.6 Å². The molecule has 0 aliphatic rings. The van der Waals surface area contributed by atoms with Gasteiger partial charge in [-0.25, -0.2) is 0 Å². The molecule has 0 saturated carbocycles. The van der Waals surface area contributed by atoms with Crippen molar-refractivity contribution in [3.63, 3.8) is 0 Å². The normalized spacial score (nSPS) is 15.1. The van der Waals surface area contributed by atoms with Crippen LogP contribution in [0.25, 0.3) is 0 Å². The van der Waals surface area contributed by atoms with Crippen LogP contribution in [0.2, 0.25) is 0 Å². The zero-order valence-corrected chi connectivity index (χ0v) is 15.5. The van der Waals surface area contributed by atoms with Gasteiger partial charge < -0.3 is 9.90 Å². The summed E-state index contributed by atoms with van der Waals surface area (Å²) < 4.78 is 0. The van der Waals surface area contributed by atoms with Crippen LogP contribution in [0.4, 0.5) is 0 Å². The summed E-state index contributed by atoms with van der Waals surface area (Å²) in [4.78, 5) is 10.4. The molecule has 0 amide bonds. The molecule has 0 unspecified atom stereocenters. The van der Waals surface area contributed by atoms with Crippen molar-refractivity contribution in [1.29, 1.82) is 0 Å². The molecule has 0 N–H and O–H groups in total. The van der Waals surface area contributed by atoms with Crippen LogP contribution in [0.15, 0.2) is 11.6 Å². The lowest BCUT2D eigenvalue weighted by Crippen LogP contribution is -2.19. The van der Waals surface area contributed by atoms with Crippen molar-refractivity contribution in [2.45, 2.75) is 92.4 Å². The van der Waals surface area contributed by atoms with Crippen LogP contribution in [-0.2, 0) is 4.79 Å². The third kappa shape index (κ3) is 14.2. The van der Waals surface area contributed by atoms with E-state index >= 15 is 0 Å². The molecule has 0 aromatic carbocycles. The quantitative estimate of drug-likeness (QED) is 0.443. The first-order chi connectivity index (χ1) is 10.3. The maximum atomic E-state index is 10.4. The van der Waals surface area contributed by atoms with Gasteiger partial charge in [0.05, 0.1) is 5.97 Å². The van der Waals surface area contributed by atoms with E-state index in [-0.39, 0.29) is 0 Å². The van der Waals surface area contributed by atoms with Gasteiger partial charge in [0, 0.05) is 0 Å². The molecule has 2 heteroatoms. The van der Waals surface area contributed by atoms with Crippen molar-refractivity contribution < 1.29 is 9.90 Å². The van der Waals surface area contributed by atoms with E-state index < -0.39 is 5.97 Å². The Labute approximate surface area is 138 Å². The van der Waals surface area contributed by atoms with Crippen LogP contribution >= 0.6 is 0 Å². The minimum absolute atomic E-state index is 0.749. The minimum Gasteiger partial charge on any atom is -0.545 e. The molecule has 2 nitrogen and oxygen atoms in total. The topological polar surface area (TPSA) is 40.1 Å². The summed E-state index contributed by atoms with van der Waals surface area (Å²) in [5.74, 6) is 1.37. The lowest BCUT2D eigenvalue weighted by molar-refractivity contribution is -0.297. The summed E-state index contributed by atoms with van der Waals surface area (Å²) in [6.45, 7) is 11.2. The molecule has 0 aromatic heterocycles. The molecule has 0 bridgehead atoms. The predicted octanol–water partition coefficient (Wildman–Crippen LogP) is 5.12. The number of aliphatic carboxylic acids is 1. The number of carbonyl (C=O) groups excluding carboxylic acids is 1. The Morgan fingerprint density at radius 1 is 0.864 bits per heavy atom. The van der Waals surface area contributed by atoms with Gasteiger partial charge in [0.1, 0.15) is 0 Å². The first-order valence-electron chi connectivity index (χ1n) is 9.19. The van der Waals surface area contributed by atoms with E-state index in [1.54, 1.807) is 0 Å². The summed E-state index contributed by atoms with van der Waals surface area (Å²) >= 11 is 0. The smallest absolute Gasteiger partial charge is 0.0642 e. The molecule has 22 heavy (non-hydrogen) atoms.